The maximum absolute atomic E-state index is 14.4. The van der Waals surface area contributed by atoms with Crippen molar-refractivity contribution in [3.05, 3.63) is 32.4 Å². The maximum Gasteiger partial charge on any atom is 0.410 e. The number of anilines is 1. The van der Waals surface area contributed by atoms with Crippen molar-refractivity contribution in [2.45, 2.75) is 44.9 Å². The molecule has 160 valence electrons. The lowest BCUT2D eigenvalue weighted by molar-refractivity contribution is -0.384. The zero-order valence-electron chi connectivity index (χ0n) is 16.3. The molecule has 1 aliphatic carbocycles. The number of nitro groups is 1. The van der Waals surface area contributed by atoms with E-state index in [4.69, 9.17) is 27.9 Å². The second-order valence-corrected chi connectivity index (χ2v) is 9.09. The van der Waals surface area contributed by atoms with E-state index in [1.165, 1.54) is 6.20 Å². The van der Waals surface area contributed by atoms with Gasteiger partial charge in [-0.15, -0.1) is 0 Å². The van der Waals surface area contributed by atoms with Gasteiger partial charge in [-0.2, -0.15) is 0 Å². The summed E-state index contributed by atoms with van der Waals surface area (Å²) in [5, 5.41) is 14.0. The number of carbonyl (C=O) groups is 1. The summed E-state index contributed by atoms with van der Waals surface area (Å²) in [6, 6.07) is -0.492. The van der Waals surface area contributed by atoms with E-state index in [2.05, 4.69) is 15.3 Å². The Morgan fingerprint density at radius 1 is 1.40 bits per heavy atom. The number of rotatable bonds is 3. The first-order chi connectivity index (χ1) is 14.0. The van der Waals surface area contributed by atoms with Gasteiger partial charge in [-0.1, -0.05) is 23.2 Å². The van der Waals surface area contributed by atoms with Crippen molar-refractivity contribution in [1.29, 1.82) is 0 Å². The van der Waals surface area contributed by atoms with Crippen LogP contribution in [0.3, 0.4) is 0 Å². The normalized spacial score (nSPS) is 22.7. The molecule has 12 heteroatoms. The van der Waals surface area contributed by atoms with Crippen LogP contribution in [0, 0.1) is 21.8 Å². The molecular formula is C18H18Cl2FN5O4. The Kier molecular flexibility index (Phi) is 4.89. The number of nitrogens with one attached hydrogen (secondary N) is 1. The number of halogens is 3. The SMILES string of the molecule is CC(C)(C)OC(=O)N1CC2CC1C2Nc1c([N+](=O)[O-])c(Cl)nc2c(F)c(Cl)ncc12. The predicted octanol–water partition coefficient (Wildman–Crippen LogP) is 4.40. The van der Waals surface area contributed by atoms with Crippen LogP contribution < -0.4 is 5.32 Å². The van der Waals surface area contributed by atoms with Crippen LogP contribution in [0.15, 0.2) is 6.20 Å². The molecule has 0 aromatic carbocycles. The van der Waals surface area contributed by atoms with Crippen molar-refractivity contribution in [3.63, 3.8) is 0 Å². The number of pyridine rings is 2. The number of ether oxygens (including phenoxy) is 1. The summed E-state index contributed by atoms with van der Waals surface area (Å²) in [7, 11) is 0. The third kappa shape index (κ3) is 3.37. The van der Waals surface area contributed by atoms with E-state index in [1.54, 1.807) is 25.7 Å². The smallest absolute Gasteiger partial charge is 0.410 e. The highest BCUT2D eigenvalue weighted by atomic mass is 35.5. The molecule has 3 unspecified atom stereocenters. The van der Waals surface area contributed by atoms with Gasteiger partial charge in [-0.25, -0.2) is 19.2 Å². The van der Waals surface area contributed by atoms with E-state index in [9.17, 15) is 19.3 Å². The molecule has 2 aliphatic heterocycles. The molecule has 5 rings (SSSR count). The van der Waals surface area contributed by atoms with Crippen LogP contribution in [-0.2, 0) is 4.74 Å². The van der Waals surface area contributed by atoms with E-state index < -0.39 is 38.4 Å². The van der Waals surface area contributed by atoms with E-state index in [-0.39, 0.29) is 34.6 Å². The molecule has 3 aliphatic rings. The highest BCUT2D eigenvalue weighted by molar-refractivity contribution is 6.33. The fourth-order valence-corrected chi connectivity index (χ4v) is 4.36. The monoisotopic (exact) mass is 457 g/mol. The van der Waals surface area contributed by atoms with Crippen LogP contribution in [0.1, 0.15) is 27.2 Å². The Balaban J connectivity index is 1.70. The minimum absolute atomic E-state index is 0.00352. The van der Waals surface area contributed by atoms with Gasteiger partial charge in [0.05, 0.1) is 22.4 Å². The van der Waals surface area contributed by atoms with Crippen molar-refractivity contribution in [2.24, 2.45) is 5.92 Å². The minimum Gasteiger partial charge on any atom is -0.444 e. The molecule has 4 heterocycles. The summed E-state index contributed by atoms with van der Waals surface area (Å²) < 4.78 is 19.9. The fourth-order valence-electron chi connectivity index (χ4n) is 3.97. The van der Waals surface area contributed by atoms with Crippen molar-refractivity contribution in [1.82, 2.24) is 14.9 Å². The number of hydrogen-bond donors (Lipinski definition) is 1. The molecule has 2 saturated heterocycles. The van der Waals surface area contributed by atoms with Gasteiger partial charge >= 0.3 is 11.8 Å². The van der Waals surface area contributed by atoms with Gasteiger partial charge in [0.25, 0.3) is 0 Å². The molecule has 9 nitrogen and oxygen atoms in total. The third-order valence-electron chi connectivity index (χ3n) is 5.28. The zero-order chi connectivity index (χ0) is 22.0. The largest absolute Gasteiger partial charge is 0.444 e. The quantitative estimate of drug-likeness (QED) is 0.412. The first kappa shape index (κ1) is 20.8. The lowest BCUT2D eigenvalue weighted by Crippen LogP contribution is -2.50. The predicted molar refractivity (Wildman–Crippen MR) is 108 cm³/mol. The van der Waals surface area contributed by atoms with Crippen LogP contribution in [-0.4, -0.2) is 50.1 Å². The molecule has 1 saturated carbocycles. The minimum atomic E-state index is -0.916. The summed E-state index contributed by atoms with van der Waals surface area (Å²) in [6.45, 7) is 5.80. The summed E-state index contributed by atoms with van der Waals surface area (Å²) in [6.07, 6.45) is 1.51. The number of aromatic nitrogens is 2. The second-order valence-electron chi connectivity index (χ2n) is 8.37. The van der Waals surface area contributed by atoms with E-state index in [0.717, 1.165) is 6.42 Å². The molecule has 2 aromatic rings. The number of hydrogen-bond acceptors (Lipinski definition) is 7. The van der Waals surface area contributed by atoms with Crippen molar-refractivity contribution in [2.75, 3.05) is 11.9 Å². The lowest BCUT2D eigenvalue weighted by Gasteiger charge is -2.37. The molecule has 1 amide bonds. The van der Waals surface area contributed by atoms with Crippen LogP contribution in [0.2, 0.25) is 10.3 Å². The van der Waals surface area contributed by atoms with Gasteiger partial charge < -0.3 is 15.0 Å². The molecule has 0 spiro atoms. The van der Waals surface area contributed by atoms with Gasteiger partial charge in [0.1, 0.15) is 16.8 Å². The Labute approximate surface area is 180 Å². The molecule has 3 atom stereocenters. The van der Waals surface area contributed by atoms with Crippen LogP contribution in [0.5, 0.6) is 0 Å². The molecular weight excluding hydrogens is 440 g/mol. The molecule has 2 aromatic heterocycles. The van der Waals surface area contributed by atoms with Crippen molar-refractivity contribution >= 4 is 51.6 Å². The molecule has 1 N–H and O–H groups in total. The van der Waals surface area contributed by atoms with E-state index >= 15 is 0 Å². The first-order valence-corrected chi connectivity index (χ1v) is 9.97. The highest BCUT2D eigenvalue weighted by Crippen LogP contribution is 2.46. The number of fused-ring (bicyclic) bond motifs is 2. The van der Waals surface area contributed by atoms with Gasteiger partial charge in [-0.3, -0.25) is 10.1 Å². The third-order valence-corrected chi connectivity index (χ3v) is 5.81. The van der Waals surface area contributed by atoms with Crippen LogP contribution in [0.4, 0.5) is 20.6 Å². The van der Waals surface area contributed by atoms with Gasteiger partial charge in [0.2, 0.25) is 5.15 Å². The van der Waals surface area contributed by atoms with Crippen molar-refractivity contribution < 1.29 is 18.8 Å². The average molecular weight is 458 g/mol. The summed E-state index contributed by atoms with van der Waals surface area (Å²) >= 11 is 11.7. The maximum atomic E-state index is 14.4. The van der Waals surface area contributed by atoms with Gasteiger partial charge in [0, 0.05) is 18.7 Å². The molecule has 2 bridgehead atoms. The molecule has 0 radical (unpaired) electrons. The van der Waals surface area contributed by atoms with Gasteiger partial charge in [-0.05, 0) is 27.2 Å². The molecule has 3 fully saturated rings. The zero-order valence-corrected chi connectivity index (χ0v) is 17.8. The van der Waals surface area contributed by atoms with Crippen LogP contribution in [0.25, 0.3) is 10.9 Å². The Hall–Kier alpha value is -2.46. The van der Waals surface area contributed by atoms with Crippen molar-refractivity contribution in [3.8, 4) is 0 Å². The summed E-state index contributed by atoms with van der Waals surface area (Å²) in [4.78, 5) is 32.6. The van der Waals surface area contributed by atoms with Gasteiger partial charge in [0.15, 0.2) is 11.0 Å². The van der Waals surface area contributed by atoms with Crippen LogP contribution >= 0.6 is 23.2 Å². The summed E-state index contributed by atoms with van der Waals surface area (Å²) in [5.74, 6) is -0.852. The first-order valence-electron chi connectivity index (χ1n) is 9.21. The standard InChI is InChI=1S/C18H18Cl2FN5O4/c1-18(2,3)30-17(27)25-6-7-4-9(25)11(7)23-13-8-5-22-15(19)10(21)12(8)24-16(20)14(13)26(28)29/h5,7,9,11H,4,6H2,1-3H3,(H,23,24). The number of nitrogens with zero attached hydrogens (tertiary/aromatic N) is 4. The van der Waals surface area contributed by atoms with E-state index in [0.29, 0.717) is 6.54 Å². The van der Waals surface area contributed by atoms with E-state index in [1.807, 2.05) is 0 Å². The Bertz CT molecular complexity index is 1080. The number of amides is 1. The second kappa shape index (κ2) is 7.05. The average Bonchev–Trinajstić information content (AvgIpc) is 3.21. The molecule has 30 heavy (non-hydrogen) atoms. The fraction of sp³-hybridized carbons (Fsp3) is 0.500. The Morgan fingerprint density at radius 2 is 2.10 bits per heavy atom. The topological polar surface area (TPSA) is 110 Å². The highest BCUT2D eigenvalue weighted by Gasteiger charge is 2.55. The number of carbonyl (C=O) groups excluding carboxylic acids is 1. The summed E-state index contributed by atoms with van der Waals surface area (Å²) in [5.41, 5.74) is -1.33. The lowest BCUT2D eigenvalue weighted by atomic mass is 9.80. The Morgan fingerprint density at radius 3 is 2.73 bits per heavy atom.